The van der Waals surface area contributed by atoms with Crippen LogP contribution in [0.2, 0.25) is 0 Å². The Morgan fingerprint density at radius 3 is 2.55 bits per heavy atom. The normalized spacial score (nSPS) is 18.4. The number of nitrogens with two attached hydrogens (primary N) is 1. The Hall–Kier alpha value is -3.54. The van der Waals surface area contributed by atoms with Gasteiger partial charge < -0.3 is 19.9 Å². The first kappa shape index (κ1) is 20.7. The van der Waals surface area contributed by atoms with Gasteiger partial charge in [-0.05, 0) is 36.6 Å². The Labute approximate surface area is 181 Å². The minimum absolute atomic E-state index is 0.00121. The first-order chi connectivity index (χ1) is 15.1. The van der Waals surface area contributed by atoms with Crippen molar-refractivity contribution in [2.45, 2.75) is 38.7 Å². The monoisotopic (exact) mass is 419 g/mol. The Morgan fingerprint density at radius 1 is 1.10 bits per heavy atom. The highest BCUT2D eigenvalue weighted by Crippen LogP contribution is 2.44. The lowest BCUT2D eigenvalue weighted by Gasteiger charge is -2.32. The summed E-state index contributed by atoms with van der Waals surface area (Å²) in [5, 5.41) is 0. The Bertz CT molecular complexity index is 1040. The standard InChI is InChI=1S/C25H25NO5/c1-2-29-25(28)23-21(22-19(27)9-6-10-20(22)31-24(23)26)17-11-13-18(14-12-17)30-15-16-7-4-3-5-8-16/h3-5,7-8,11-14,21H,2,6,9-10,15,26H2,1H3. The minimum atomic E-state index is -0.612. The molecule has 0 spiro atoms. The van der Waals surface area contributed by atoms with Crippen LogP contribution in [0.1, 0.15) is 43.2 Å². The molecule has 6 nitrogen and oxygen atoms in total. The summed E-state index contributed by atoms with van der Waals surface area (Å²) in [6, 6.07) is 17.3. The van der Waals surface area contributed by atoms with Crippen molar-refractivity contribution < 1.29 is 23.8 Å². The number of carbonyl (C=O) groups is 2. The zero-order valence-corrected chi connectivity index (χ0v) is 17.4. The highest BCUT2D eigenvalue weighted by atomic mass is 16.5. The Kier molecular flexibility index (Phi) is 6.07. The van der Waals surface area contributed by atoms with E-state index in [2.05, 4.69) is 0 Å². The number of ketones is 1. The van der Waals surface area contributed by atoms with Crippen LogP contribution in [0.25, 0.3) is 0 Å². The summed E-state index contributed by atoms with van der Waals surface area (Å²) in [6.45, 7) is 2.38. The van der Waals surface area contributed by atoms with E-state index in [4.69, 9.17) is 19.9 Å². The molecule has 2 aliphatic rings. The largest absolute Gasteiger partial charge is 0.489 e. The van der Waals surface area contributed by atoms with Crippen molar-refractivity contribution in [1.82, 2.24) is 0 Å². The van der Waals surface area contributed by atoms with Crippen molar-refractivity contribution in [1.29, 1.82) is 0 Å². The maximum absolute atomic E-state index is 12.8. The quantitative estimate of drug-likeness (QED) is 0.709. The van der Waals surface area contributed by atoms with Crippen LogP contribution in [0.5, 0.6) is 5.75 Å². The van der Waals surface area contributed by atoms with E-state index >= 15 is 0 Å². The minimum Gasteiger partial charge on any atom is -0.489 e. The summed E-state index contributed by atoms with van der Waals surface area (Å²) in [5.74, 6) is 0.0408. The number of Topliss-reactive ketones (excluding diaryl/α,β-unsaturated/α-hetero) is 1. The van der Waals surface area contributed by atoms with Crippen molar-refractivity contribution >= 4 is 11.8 Å². The smallest absolute Gasteiger partial charge is 0.340 e. The van der Waals surface area contributed by atoms with E-state index in [0.29, 0.717) is 43.0 Å². The molecule has 0 amide bonds. The van der Waals surface area contributed by atoms with Gasteiger partial charge in [0.15, 0.2) is 5.78 Å². The summed E-state index contributed by atoms with van der Waals surface area (Å²) >= 11 is 0. The molecule has 1 aliphatic heterocycles. The average Bonchev–Trinajstić information content (AvgIpc) is 2.78. The molecule has 31 heavy (non-hydrogen) atoms. The first-order valence-corrected chi connectivity index (χ1v) is 10.5. The summed E-state index contributed by atoms with van der Waals surface area (Å²) in [4.78, 5) is 25.5. The van der Waals surface area contributed by atoms with Crippen molar-refractivity contribution in [2.75, 3.05) is 6.61 Å². The number of ether oxygens (including phenoxy) is 3. The number of hydrogen-bond donors (Lipinski definition) is 1. The second-order valence-corrected chi connectivity index (χ2v) is 7.49. The number of benzene rings is 2. The second-order valence-electron chi connectivity index (χ2n) is 7.49. The van der Waals surface area contributed by atoms with Crippen LogP contribution in [-0.4, -0.2) is 18.4 Å². The summed E-state index contributed by atoms with van der Waals surface area (Å²) in [6.07, 6.45) is 1.75. The van der Waals surface area contributed by atoms with Crippen LogP contribution in [0.4, 0.5) is 0 Å². The zero-order chi connectivity index (χ0) is 21.8. The molecule has 1 unspecified atom stereocenters. The summed E-state index contributed by atoms with van der Waals surface area (Å²) in [7, 11) is 0. The molecule has 0 fully saturated rings. The number of hydrogen-bond acceptors (Lipinski definition) is 6. The molecule has 6 heteroatoms. The highest BCUT2D eigenvalue weighted by molar-refractivity contribution is 6.03. The van der Waals surface area contributed by atoms with E-state index in [1.54, 1.807) is 6.92 Å². The van der Waals surface area contributed by atoms with Crippen molar-refractivity contribution in [2.24, 2.45) is 5.73 Å². The van der Waals surface area contributed by atoms with Crippen molar-refractivity contribution in [3.05, 3.63) is 88.5 Å². The topological polar surface area (TPSA) is 87.9 Å². The van der Waals surface area contributed by atoms with Gasteiger partial charge in [-0.1, -0.05) is 42.5 Å². The van der Waals surface area contributed by atoms with Crippen LogP contribution in [0.3, 0.4) is 0 Å². The van der Waals surface area contributed by atoms with E-state index in [1.165, 1.54) is 0 Å². The Balaban J connectivity index is 1.64. The van der Waals surface area contributed by atoms with E-state index in [0.717, 1.165) is 11.1 Å². The SMILES string of the molecule is CCOC(=O)C1=C(N)OC2=C(C(=O)CCC2)C1c1ccc(OCc2ccccc2)cc1. The molecule has 0 radical (unpaired) electrons. The number of carbonyl (C=O) groups excluding carboxylic acids is 2. The third kappa shape index (κ3) is 4.33. The van der Waals surface area contributed by atoms with Gasteiger partial charge in [-0.3, -0.25) is 4.79 Å². The van der Waals surface area contributed by atoms with E-state index in [1.807, 2.05) is 54.6 Å². The molecule has 0 saturated carbocycles. The molecule has 160 valence electrons. The number of rotatable bonds is 6. The predicted octanol–water partition coefficient (Wildman–Crippen LogP) is 4.12. The van der Waals surface area contributed by atoms with Gasteiger partial charge in [-0.15, -0.1) is 0 Å². The number of esters is 1. The second kappa shape index (κ2) is 9.08. The zero-order valence-electron chi connectivity index (χ0n) is 17.4. The van der Waals surface area contributed by atoms with Gasteiger partial charge in [0.1, 0.15) is 23.7 Å². The van der Waals surface area contributed by atoms with E-state index in [9.17, 15) is 9.59 Å². The van der Waals surface area contributed by atoms with Gasteiger partial charge in [-0.2, -0.15) is 0 Å². The lowest BCUT2D eigenvalue weighted by Crippen LogP contribution is -2.31. The summed E-state index contributed by atoms with van der Waals surface area (Å²) < 4.78 is 16.8. The van der Waals surface area contributed by atoms with Gasteiger partial charge in [0.2, 0.25) is 5.88 Å². The van der Waals surface area contributed by atoms with Crippen LogP contribution >= 0.6 is 0 Å². The molecule has 0 saturated heterocycles. The molecule has 0 bridgehead atoms. The van der Waals surface area contributed by atoms with Crippen LogP contribution in [0, 0.1) is 0 Å². The molecule has 2 aromatic rings. The third-order valence-electron chi connectivity index (χ3n) is 5.44. The average molecular weight is 419 g/mol. The highest BCUT2D eigenvalue weighted by Gasteiger charge is 2.41. The van der Waals surface area contributed by atoms with Gasteiger partial charge in [0.05, 0.1) is 12.5 Å². The lowest BCUT2D eigenvalue weighted by molar-refractivity contribution is -0.139. The third-order valence-corrected chi connectivity index (χ3v) is 5.44. The molecule has 1 aliphatic carbocycles. The molecule has 2 N–H and O–H groups in total. The first-order valence-electron chi connectivity index (χ1n) is 10.5. The maximum atomic E-state index is 12.8. The molecular weight excluding hydrogens is 394 g/mol. The maximum Gasteiger partial charge on any atom is 0.340 e. The molecular formula is C25H25NO5. The van der Waals surface area contributed by atoms with Gasteiger partial charge in [0, 0.05) is 18.4 Å². The fraction of sp³-hybridized carbons (Fsp3) is 0.280. The Morgan fingerprint density at radius 2 is 1.84 bits per heavy atom. The molecule has 1 heterocycles. The summed E-state index contributed by atoms with van der Waals surface area (Å²) in [5.41, 5.74) is 8.63. The molecule has 0 aromatic heterocycles. The fourth-order valence-corrected chi connectivity index (χ4v) is 3.99. The van der Waals surface area contributed by atoms with Crippen molar-refractivity contribution in [3.8, 4) is 5.75 Å². The molecule has 2 aromatic carbocycles. The molecule has 4 rings (SSSR count). The fourth-order valence-electron chi connectivity index (χ4n) is 3.99. The van der Waals surface area contributed by atoms with Crippen molar-refractivity contribution in [3.63, 3.8) is 0 Å². The van der Waals surface area contributed by atoms with Crippen LogP contribution in [0.15, 0.2) is 77.4 Å². The van der Waals surface area contributed by atoms with Gasteiger partial charge >= 0.3 is 5.97 Å². The lowest BCUT2D eigenvalue weighted by atomic mass is 9.77. The van der Waals surface area contributed by atoms with Gasteiger partial charge in [-0.25, -0.2) is 4.79 Å². The predicted molar refractivity (Wildman–Crippen MR) is 115 cm³/mol. The van der Waals surface area contributed by atoms with E-state index < -0.39 is 11.9 Å². The van der Waals surface area contributed by atoms with Crippen LogP contribution in [-0.2, 0) is 25.7 Å². The number of allylic oxidation sites excluding steroid dienone is 2. The van der Waals surface area contributed by atoms with Crippen LogP contribution < -0.4 is 10.5 Å². The van der Waals surface area contributed by atoms with Gasteiger partial charge in [0.25, 0.3) is 0 Å². The molecule has 1 atom stereocenters. The van der Waals surface area contributed by atoms with E-state index in [-0.39, 0.29) is 23.8 Å².